The monoisotopic (exact) mass is 676 g/mol. The van der Waals surface area contributed by atoms with Crippen molar-refractivity contribution < 1.29 is 32.0 Å². The molecule has 246 valence electrons. The zero-order valence-electron chi connectivity index (χ0n) is 26.3. The summed E-state index contributed by atoms with van der Waals surface area (Å²) >= 11 is 0.975. The van der Waals surface area contributed by atoms with Crippen LogP contribution in [-0.4, -0.2) is 38.7 Å². The highest BCUT2D eigenvalue weighted by Gasteiger charge is 2.18. The summed E-state index contributed by atoms with van der Waals surface area (Å²) in [6.45, 7) is 3.67. The third-order valence-electron chi connectivity index (χ3n) is 7.75. The summed E-state index contributed by atoms with van der Waals surface area (Å²) in [5.41, 5.74) is 4.23. The molecule has 3 heterocycles. The molecule has 4 aromatic rings. The van der Waals surface area contributed by atoms with Crippen LogP contribution in [-0.2, 0) is 25.9 Å². The first-order valence-corrected chi connectivity index (χ1v) is 17.8. The highest BCUT2D eigenvalue weighted by molar-refractivity contribution is 7.94. The molecule has 0 unspecified atom stereocenters. The van der Waals surface area contributed by atoms with Crippen molar-refractivity contribution >= 4 is 62.5 Å². The van der Waals surface area contributed by atoms with E-state index in [1.165, 1.54) is 11.7 Å². The predicted octanol–water partition coefficient (Wildman–Crippen LogP) is 2.77. The van der Waals surface area contributed by atoms with Gasteiger partial charge in [-0.1, -0.05) is 48.6 Å². The fourth-order valence-electron chi connectivity index (χ4n) is 5.36. The van der Waals surface area contributed by atoms with Crippen molar-refractivity contribution in [1.82, 2.24) is 4.68 Å². The van der Waals surface area contributed by atoms with Crippen LogP contribution in [0.4, 0.5) is 5.69 Å². The van der Waals surface area contributed by atoms with E-state index in [1.807, 2.05) is 73.1 Å². The molecule has 0 saturated carbocycles. The molecule has 0 radical (unpaired) electrons. The van der Waals surface area contributed by atoms with E-state index < -0.39 is 15.6 Å². The number of unbranched alkanes of at least 4 members (excludes halogenated alkanes) is 1. The molecule has 0 aliphatic carbocycles. The Bertz CT molecular complexity index is 2120. The van der Waals surface area contributed by atoms with E-state index in [0.717, 1.165) is 81.9 Å². The number of hydrogen-bond acceptors (Lipinski definition) is 9. The van der Waals surface area contributed by atoms with E-state index >= 15 is 0 Å². The number of oxazole rings is 1. The van der Waals surface area contributed by atoms with Crippen LogP contribution in [0.5, 0.6) is 0 Å². The number of allylic oxidation sites excluding steroid dienone is 4. The number of sulfonamides is 1. The highest BCUT2D eigenvalue weighted by atomic mass is 32.2. The standard InChI is InChI=1S/C34H36N4O7S2/c1-4-36-23-20-26(28-13-5-7-15-30(28)36)12-11-17-33-38(35(2)47(3,41)42)32(34(39)43-33)19-18-27-21-24-37(22-9-10-25-46-45-44-40)31-16-8-6-14-29(27)31/h5-8,11-21,23-24H,4,9-10,22,25H2,1-3H3. The van der Waals surface area contributed by atoms with Crippen molar-refractivity contribution in [2.75, 3.05) is 34.9 Å². The van der Waals surface area contributed by atoms with Gasteiger partial charge in [-0.25, -0.2) is 22.3 Å². The van der Waals surface area contributed by atoms with Gasteiger partial charge in [0.2, 0.25) is 21.1 Å². The zero-order valence-corrected chi connectivity index (χ0v) is 27.9. The Morgan fingerprint density at radius 1 is 1.06 bits per heavy atom. The quantitative estimate of drug-likeness (QED) is 0.0692. The normalized spacial score (nSPS) is 15.0. The molecule has 13 heteroatoms. The van der Waals surface area contributed by atoms with E-state index in [-0.39, 0.29) is 10.9 Å². The number of aromatic nitrogens is 2. The van der Waals surface area contributed by atoms with Crippen LogP contribution < -0.4 is 35.7 Å². The van der Waals surface area contributed by atoms with E-state index in [4.69, 9.17) is 4.42 Å². The molecule has 2 aromatic carbocycles. The molecule has 0 fully saturated rings. The van der Waals surface area contributed by atoms with Crippen molar-refractivity contribution in [1.29, 1.82) is 0 Å². The molecule has 5 rings (SSSR count). The van der Waals surface area contributed by atoms with Gasteiger partial charge in [-0.05, 0) is 55.2 Å². The number of nitrogens with zero attached hydrogens (tertiary/aromatic N) is 4. The number of pyridine rings is 1. The third-order valence-corrected chi connectivity index (χ3v) is 9.48. The number of anilines is 1. The van der Waals surface area contributed by atoms with Crippen LogP contribution >= 0.6 is 12.0 Å². The van der Waals surface area contributed by atoms with Crippen LogP contribution in [0.1, 0.15) is 30.9 Å². The first kappa shape index (κ1) is 33.9. The summed E-state index contributed by atoms with van der Waals surface area (Å²) in [7, 11) is -2.39. The average Bonchev–Trinajstić information content (AvgIpc) is 3.38. The highest BCUT2D eigenvalue weighted by Crippen LogP contribution is 2.33. The van der Waals surface area contributed by atoms with Crippen LogP contribution in [0.3, 0.4) is 0 Å². The summed E-state index contributed by atoms with van der Waals surface area (Å²) in [5.74, 6) is 0.628. The van der Waals surface area contributed by atoms with Gasteiger partial charge in [-0.2, -0.15) is 8.90 Å². The number of benzene rings is 2. The second-order valence-corrected chi connectivity index (χ2v) is 13.5. The molecule has 47 heavy (non-hydrogen) atoms. The Kier molecular flexibility index (Phi) is 11.2. The van der Waals surface area contributed by atoms with Gasteiger partial charge in [0.25, 0.3) is 0 Å². The smallest absolute Gasteiger partial charge is 0.363 e. The third kappa shape index (κ3) is 7.95. The SMILES string of the molecule is CC[n+]1ccc(C=CC=c2oc(=O)c(=CC=C3C=CN(CCCCSOO[O-])c4ccccc43)n2N(C)S(C)(=O)=O)c2ccccc21. The first-order chi connectivity index (χ1) is 22.7. The Morgan fingerprint density at radius 3 is 2.64 bits per heavy atom. The molecular formula is C34H36N4O7S2. The minimum atomic E-state index is -3.76. The second-order valence-electron chi connectivity index (χ2n) is 10.7. The van der Waals surface area contributed by atoms with Gasteiger partial charge in [0.05, 0.1) is 11.6 Å². The Hall–Kier alpha value is -4.40. The van der Waals surface area contributed by atoms with Gasteiger partial charge < -0.3 is 14.6 Å². The fraction of sp³-hybridized carbons (Fsp3) is 0.235. The molecule has 1 aliphatic rings. The molecular weight excluding hydrogens is 641 g/mol. The molecule has 0 amide bonds. The summed E-state index contributed by atoms with van der Waals surface area (Å²) < 4.78 is 39.7. The maximum absolute atomic E-state index is 13.2. The van der Waals surface area contributed by atoms with Gasteiger partial charge in [0, 0.05) is 67.0 Å². The molecule has 0 N–H and O–H groups in total. The van der Waals surface area contributed by atoms with Crippen molar-refractivity contribution in [3.63, 3.8) is 0 Å². The summed E-state index contributed by atoms with van der Waals surface area (Å²) in [4.78, 5) is 15.3. The van der Waals surface area contributed by atoms with E-state index in [0.29, 0.717) is 5.75 Å². The van der Waals surface area contributed by atoms with Crippen molar-refractivity contribution in [3.05, 3.63) is 118 Å². The largest absolute Gasteiger partial charge is 0.691 e. The lowest BCUT2D eigenvalue weighted by atomic mass is 9.99. The summed E-state index contributed by atoms with van der Waals surface area (Å²) in [5, 5.41) is 14.4. The van der Waals surface area contributed by atoms with Gasteiger partial charge in [0.1, 0.15) is 6.54 Å². The fourth-order valence-corrected chi connectivity index (χ4v) is 6.25. The first-order valence-electron chi connectivity index (χ1n) is 15.0. The van der Waals surface area contributed by atoms with Crippen LogP contribution in [0.15, 0.2) is 94.4 Å². The van der Waals surface area contributed by atoms with Crippen LogP contribution in [0.2, 0.25) is 0 Å². The molecule has 11 nitrogen and oxygen atoms in total. The lowest BCUT2D eigenvalue weighted by Gasteiger charge is -2.27. The average molecular weight is 677 g/mol. The lowest BCUT2D eigenvalue weighted by molar-refractivity contribution is -0.777. The van der Waals surface area contributed by atoms with Crippen molar-refractivity contribution in [3.8, 4) is 0 Å². The Morgan fingerprint density at radius 2 is 1.85 bits per heavy atom. The number of fused-ring (bicyclic) bond motifs is 2. The van der Waals surface area contributed by atoms with Gasteiger partial charge in [0.15, 0.2) is 11.5 Å². The maximum Gasteiger partial charge on any atom is 0.363 e. The van der Waals surface area contributed by atoms with Crippen molar-refractivity contribution in [2.45, 2.75) is 26.3 Å². The molecule has 0 bridgehead atoms. The minimum Gasteiger partial charge on any atom is -0.691 e. The van der Waals surface area contributed by atoms with E-state index in [1.54, 1.807) is 24.3 Å². The molecule has 0 saturated heterocycles. The maximum atomic E-state index is 13.2. The lowest BCUT2D eigenvalue weighted by Crippen LogP contribution is -2.48. The molecule has 0 atom stereocenters. The van der Waals surface area contributed by atoms with Gasteiger partial charge in [-0.3, -0.25) is 5.04 Å². The topological polar surface area (TPSA) is 121 Å². The number of para-hydroxylation sites is 2. The predicted molar refractivity (Wildman–Crippen MR) is 184 cm³/mol. The zero-order chi connectivity index (χ0) is 33.4. The van der Waals surface area contributed by atoms with Gasteiger partial charge in [-0.15, -0.1) is 0 Å². The van der Waals surface area contributed by atoms with Crippen LogP contribution in [0.25, 0.3) is 34.7 Å². The number of hydrogen-bond donors (Lipinski definition) is 0. The van der Waals surface area contributed by atoms with Gasteiger partial charge >= 0.3 is 5.63 Å². The number of rotatable bonds is 13. The van der Waals surface area contributed by atoms with Crippen LogP contribution in [0, 0.1) is 0 Å². The summed E-state index contributed by atoms with van der Waals surface area (Å²) in [6, 6.07) is 18.0. The molecule has 0 spiro atoms. The number of aryl methyl sites for hydroxylation is 1. The Labute approximate surface area is 277 Å². The minimum absolute atomic E-state index is 0.0503. The van der Waals surface area contributed by atoms with E-state index in [9.17, 15) is 18.5 Å². The summed E-state index contributed by atoms with van der Waals surface area (Å²) in [6.07, 6.45) is 17.2. The Balaban J connectivity index is 1.50. The van der Waals surface area contributed by atoms with Crippen molar-refractivity contribution in [2.24, 2.45) is 0 Å². The second kappa shape index (κ2) is 15.5. The van der Waals surface area contributed by atoms with E-state index in [2.05, 4.69) is 31.8 Å². The molecule has 2 aromatic heterocycles. The molecule has 1 aliphatic heterocycles.